The largest absolute Gasteiger partial charge is 0.452 e. The summed E-state index contributed by atoms with van der Waals surface area (Å²) >= 11 is 0. The number of benzene rings is 2. The van der Waals surface area contributed by atoms with Crippen LogP contribution in [0, 0.1) is 11.7 Å². The van der Waals surface area contributed by atoms with Crippen LogP contribution in [0.5, 0.6) is 0 Å². The lowest BCUT2D eigenvalue weighted by Gasteiger charge is -2.15. The lowest BCUT2D eigenvalue weighted by molar-refractivity contribution is 0.177. The van der Waals surface area contributed by atoms with E-state index in [4.69, 9.17) is 0 Å². The summed E-state index contributed by atoms with van der Waals surface area (Å²) in [7, 11) is -3.15. The number of imidazole rings is 1. The van der Waals surface area contributed by atoms with Gasteiger partial charge >= 0.3 is 6.09 Å². The van der Waals surface area contributed by atoms with Crippen LogP contribution in [0.1, 0.15) is 37.7 Å². The van der Waals surface area contributed by atoms with Gasteiger partial charge in [0.1, 0.15) is 11.6 Å². The number of carbonyl (C=O) groups excluding carboxylic acids is 1. The first-order valence-corrected chi connectivity index (χ1v) is 12.2. The summed E-state index contributed by atoms with van der Waals surface area (Å²) in [6.45, 7) is 6.40. The molecule has 0 saturated heterocycles. The Balaban J connectivity index is 2.05. The van der Waals surface area contributed by atoms with Gasteiger partial charge in [0.05, 0.1) is 18.6 Å². The number of rotatable bonds is 8. The molecule has 1 heterocycles. The molecule has 0 aliphatic carbocycles. The van der Waals surface area contributed by atoms with E-state index < -0.39 is 21.9 Å². The highest BCUT2D eigenvalue weighted by molar-refractivity contribution is 7.90. The molecular weight excluding hydrogens is 445 g/mol. The van der Waals surface area contributed by atoms with Gasteiger partial charge in [0, 0.05) is 29.9 Å². The number of sulfonamides is 1. The monoisotopic (exact) mass is 473 g/mol. The average molecular weight is 474 g/mol. The van der Waals surface area contributed by atoms with E-state index in [9.17, 15) is 13.2 Å². The fraction of sp³-hybridized carbons (Fsp3) is 0.333. The second-order valence-electron chi connectivity index (χ2n) is 8.16. The minimum absolute atomic E-state index is 0.129. The minimum Gasteiger partial charge on any atom is -0.452 e. The molecule has 0 spiro atoms. The molecule has 0 unspecified atom stereocenters. The quantitative estimate of drug-likeness (QED) is 0.519. The molecule has 0 aliphatic rings. The first-order valence-electron chi connectivity index (χ1n) is 10.7. The van der Waals surface area contributed by atoms with E-state index in [0.29, 0.717) is 29.2 Å². The number of hydrogen-bond donors (Lipinski definition) is 1. The zero-order valence-corrected chi connectivity index (χ0v) is 19.9. The molecule has 1 aromatic heterocycles. The summed E-state index contributed by atoms with van der Waals surface area (Å²) in [4.78, 5) is 15.7. The van der Waals surface area contributed by atoms with Crippen molar-refractivity contribution in [1.29, 1.82) is 0 Å². The standard InChI is InChI=1S/C24H28FN3O4S/c1-5-23-26-10-11-28(23)15-19-8-7-18(14-21(19)25)20-13-17(12-16(2)3)6-9-22(20)33(30,31)27-24(29)32-4/h6-11,13-14,16H,5,12,15H2,1-4H3,(H,27,29). The first-order chi connectivity index (χ1) is 15.6. The molecule has 9 heteroatoms. The van der Waals surface area contributed by atoms with Crippen molar-refractivity contribution in [3.63, 3.8) is 0 Å². The molecule has 1 amide bonds. The van der Waals surface area contributed by atoms with Gasteiger partial charge in [-0.15, -0.1) is 0 Å². The molecule has 0 fully saturated rings. The molecule has 33 heavy (non-hydrogen) atoms. The van der Waals surface area contributed by atoms with Gasteiger partial charge in [-0.1, -0.05) is 39.0 Å². The Morgan fingerprint density at radius 1 is 1.21 bits per heavy atom. The van der Waals surface area contributed by atoms with Crippen molar-refractivity contribution in [1.82, 2.24) is 14.3 Å². The third kappa shape index (κ3) is 5.78. The highest BCUT2D eigenvalue weighted by atomic mass is 32.2. The number of halogens is 1. The van der Waals surface area contributed by atoms with Crippen LogP contribution in [0.4, 0.5) is 9.18 Å². The van der Waals surface area contributed by atoms with E-state index in [1.54, 1.807) is 36.7 Å². The van der Waals surface area contributed by atoms with Crippen molar-refractivity contribution < 1.29 is 22.3 Å². The fourth-order valence-electron chi connectivity index (χ4n) is 3.67. The molecule has 1 N–H and O–H groups in total. The Morgan fingerprint density at radius 2 is 1.97 bits per heavy atom. The normalized spacial score (nSPS) is 11.6. The predicted molar refractivity (Wildman–Crippen MR) is 124 cm³/mol. The summed E-state index contributed by atoms with van der Waals surface area (Å²) in [5, 5.41) is 0. The van der Waals surface area contributed by atoms with E-state index in [-0.39, 0.29) is 4.90 Å². The van der Waals surface area contributed by atoms with Gasteiger partial charge in [-0.3, -0.25) is 0 Å². The number of hydrogen-bond acceptors (Lipinski definition) is 5. The fourth-order valence-corrected chi connectivity index (χ4v) is 4.79. The Kier molecular flexibility index (Phi) is 7.53. The smallest absolute Gasteiger partial charge is 0.420 e. The molecule has 0 atom stereocenters. The van der Waals surface area contributed by atoms with E-state index in [1.165, 1.54) is 12.1 Å². The van der Waals surface area contributed by atoms with Crippen LogP contribution in [-0.4, -0.2) is 31.2 Å². The molecule has 3 rings (SSSR count). The topological polar surface area (TPSA) is 90.3 Å². The van der Waals surface area contributed by atoms with Crippen molar-refractivity contribution in [3.05, 3.63) is 71.6 Å². The third-order valence-corrected chi connectivity index (χ3v) is 6.57. The summed E-state index contributed by atoms with van der Waals surface area (Å²) in [5.74, 6) is 0.736. The molecule has 7 nitrogen and oxygen atoms in total. The molecule has 0 aliphatic heterocycles. The molecule has 3 aromatic rings. The lowest BCUT2D eigenvalue weighted by atomic mass is 9.97. The summed E-state index contributed by atoms with van der Waals surface area (Å²) < 4.78 is 49.0. The van der Waals surface area contributed by atoms with Gasteiger partial charge in [0.25, 0.3) is 10.0 Å². The SMILES string of the molecule is CCc1nccn1Cc1ccc(-c2cc(CC(C)C)ccc2S(=O)(=O)NC(=O)OC)cc1F. The molecule has 176 valence electrons. The number of nitrogens with one attached hydrogen (secondary N) is 1. The number of ether oxygens (including phenoxy) is 1. The molecule has 0 saturated carbocycles. The van der Waals surface area contributed by atoms with Gasteiger partial charge in [-0.2, -0.15) is 0 Å². The second-order valence-corrected chi connectivity index (χ2v) is 9.81. The summed E-state index contributed by atoms with van der Waals surface area (Å²) in [5.41, 5.74) is 2.08. The van der Waals surface area contributed by atoms with Crippen molar-refractivity contribution in [2.45, 2.75) is 45.1 Å². The van der Waals surface area contributed by atoms with E-state index in [1.807, 2.05) is 16.2 Å². The molecular formula is C24H28FN3O4S. The van der Waals surface area contributed by atoms with Gasteiger partial charge < -0.3 is 9.30 Å². The maximum Gasteiger partial charge on any atom is 0.420 e. The van der Waals surface area contributed by atoms with Crippen molar-refractivity contribution in [3.8, 4) is 11.1 Å². The first kappa shape index (κ1) is 24.4. The van der Waals surface area contributed by atoms with Gasteiger partial charge in [0.2, 0.25) is 0 Å². The van der Waals surface area contributed by atoms with Crippen molar-refractivity contribution in [2.75, 3.05) is 7.11 Å². The summed E-state index contributed by atoms with van der Waals surface area (Å²) in [6.07, 6.45) is 3.82. The highest BCUT2D eigenvalue weighted by Crippen LogP contribution is 2.31. The predicted octanol–water partition coefficient (Wildman–Crippen LogP) is 4.54. The number of amides is 1. The minimum atomic E-state index is -4.23. The average Bonchev–Trinajstić information content (AvgIpc) is 3.21. The number of nitrogens with zero attached hydrogens (tertiary/aromatic N) is 2. The van der Waals surface area contributed by atoms with Crippen LogP contribution < -0.4 is 4.72 Å². The molecule has 2 aromatic carbocycles. The Bertz CT molecular complexity index is 1250. The maximum absolute atomic E-state index is 15.1. The second kappa shape index (κ2) is 10.2. The Hall–Kier alpha value is -3.20. The van der Waals surface area contributed by atoms with Crippen LogP contribution in [-0.2, 0) is 34.1 Å². The number of aromatic nitrogens is 2. The zero-order valence-electron chi connectivity index (χ0n) is 19.1. The highest BCUT2D eigenvalue weighted by Gasteiger charge is 2.23. The van der Waals surface area contributed by atoms with Gasteiger partial charge in [-0.25, -0.2) is 27.3 Å². The number of carbonyl (C=O) groups is 1. The Labute approximate surface area is 193 Å². The maximum atomic E-state index is 15.1. The van der Waals surface area contributed by atoms with E-state index in [2.05, 4.69) is 23.6 Å². The van der Waals surface area contributed by atoms with Gasteiger partial charge in [-0.05, 0) is 41.7 Å². The van der Waals surface area contributed by atoms with E-state index in [0.717, 1.165) is 31.3 Å². The number of methoxy groups -OCH3 is 1. The van der Waals surface area contributed by atoms with Crippen LogP contribution >= 0.6 is 0 Å². The third-order valence-electron chi connectivity index (χ3n) is 5.20. The lowest BCUT2D eigenvalue weighted by Crippen LogP contribution is -2.30. The van der Waals surface area contributed by atoms with Gasteiger partial charge in [0.15, 0.2) is 0 Å². The molecule has 0 bridgehead atoms. The van der Waals surface area contributed by atoms with Crippen molar-refractivity contribution >= 4 is 16.1 Å². The van der Waals surface area contributed by atoms with E-state index >= 15 is 4.39 Å². The van der Waals surface area contributed by atoms with Crippen molar-refractivity contribution in [2.24, 2.45) is 5.92 Å². The van der Waals surface area contributed by atoms with Crippen LogP contribution in [0.3, 0.4) is 0 Å². The Morgan fingerprint density at radius 3 is 2.61 bits per heavy atom. The zero-order chi connectivity index (χ0) is 24.2. The number of aryl methyl sites for hydroxylation is 1. The van der Waals surface area contributed by atoms with Crippen LogP contribution in [0.15, 0.2) is 53.7 Å². The van der Waals surface area contributed by atoms with Crippen LogP contribution in [0.2, 0.25) is 0 Å². The summed E-state index contributed by atoms with van der Waals surface area (Å²) in [6, 6.07) is 9.51. The van der Waals surface area contributed by atoms with Crippen LogP contribution in [0.25, 0.3) is 11.1 Å². The molecule has 0 radical (unpaired) electrons.